The van der Waals surface area contributed by atoms with Crippen LogP contribution in [0.1, 0.15) is 40.0 Å². The lowest BCUT2D eigenvalue weighted by atomic mass is 9.71. The molecule has 3 heteroatoms. The van der Waals surface area contributed by atoms with Gasteiger partial charge < -0.3 is 15.6 Å². The van der Waals surface area contributed by atoms with Gasteiger partial charge in [-0.25, -0.2) is 0 Å². The molecule has 1 aliphatic rings. The Morgan fingerprint density at radius 3 is 2.67 bits per heavy atom. The second-order valence-electron chi connectivity index (χ2n) is 5.76. The number of aliphatic hydroxyl groups excluding tert-OH is 1. The molecule has 3 atom stereocenters. The maximum absolute atomic E-state index is 9.33. The van der Waals surface area contributed by atoms with E-state index >= 15 is 0 Å². The molecule has 0 aromatic carbocycles. The Morgan fingerprint density at radius 2 is 2.13 bits per heavy atom. The first kappa shape index (κ1) is 12.9. The zero-order valence-electron chi connectivity index (χ0n) is 10.2. The van der Waals surface area contributed by atoms with Crippen molar-refractivity contribution in [1.29, 1.82) is 0 Å². The third-order valence-electron chi connectivity index (χ3n) is 3.14. The molecule has 0 radical (unpaired) electrons. The third-order valence-corrected chi connectivity index (χ3v) is 3.14. The van der Waals surface area contributed by atoms with E-state index in [2.05, 4.69) is 20.8 Å². The van der Waals surface area contributed by atoms with Crippen molar-refractivity contribution in [2.45, 2.75) is 52.2 Å². The van der Waals surface area contributed by atoms with Crippen molar-refractivity contribution < 1.29 is 9.84 Å². The maximum atomic E-state index is 9.33. The monoisotopic (exact) mass is 215 g/mol. The minimum atomic E-state index is -0.509. The number of rotatable bonds is 4. The molecular weight excluding hydrogens is 190 g/mol. The van der Waals surface area contributed by atoms with Crippen LogP contribution >= 0.6 is 0 Å². The molecule has 0 aromatic rings. The summed E-state index contributed by atoms with van der Waals surface area (Å²) in [5, 5.41) is 9.33. The summed E-state index contributed by atoms with van der Waals surface area (Å²) in [6.07, 6.45) is 3.26. The van der Waals surface area contributed by atoms with E-state index in [1.54, 1.807) is 0 Å². The van der Waals surface area contributed by atoms with Crippen LogP contribution in [0.25, 0.3) is 0 Å². The lowest BCUT2D eigenvalue weighted by Gasteiger charge is -2.39. The van der Waals surface area contributed by atoms with Crippen LogP contribution < -0.4 is 5.73 Å². The van der Waals surface area contributed by atoms with E-state index in [0.717, 1.165) is 12.8 Å². The van der Waals surface area contributed by atoms with Crippen molar-refractivity contribution in [1.82, 2.24) is 0 Å². The van der Waals surface area contributed by atoms with Gasteiger partial charge in [0.2, 0.25) is 0 Å². The molecule has 0 spiro atoms. The molecule has 15 heavy (non-hydrogen) atoms. The fourth-order valence-electron chi connectivity index (χ4n) is 2.70. The average Bonchev–Trinajstić information content (AvgIpc) is 2.11. The molecule has 0 bridgehead atoms. The zero-order valence-corrected chi connectivity index (χ0v) is 10.2. The standard InChI is InChI=1S/C12H25NO2/c1-9-4-11(6-12(2,3)5-9)15-8-10(14)7-13/h9-11,14H,4-8,13H2,1-3H3/t9-,10+,11+/m1/s1. The van der Waals surface area contributed by atoms with Gasteiger partial charge in [0.25, 0.3) is 0 Å². The summed E-state index contributed by atoms with van der Waals surface area (Å²) in [6, 6.07) is 0. The highest BCUT2D eigenvalue weighted by molar-refractivity contribution is 4.83. The van der Waals surface area contributed by atoms with Gasteiger partial charge in [0.15, 0.2) is 0 Å². The number of aliphatic hydroxyl groups is 1. The van der Waals surface area contributed by atoms with Gasteiger partial charge in [-0.3, -0.25) is 0 Å². The molecule has 0 heterocycles. The van der Waals surface area contributed by atoms with Crippen molar-refractivity contribution in [2.75, 3.05) is 13.2 Å². The van der Waals surface area contributed by atoms with E-state index in [0.29, 0.717) is 24.0 Å². The van der Waals surface area contributed by atoms with Gasteiger partial charge in [-0.15, -0.1) is 0 Å². The Kier molecular flexibility index (Phi) is 4.56. The first-order valence-corrected chi connectivity index (χ1v) is 5.92. The minimum absolute atomic E-state index is 0.283. The van der Waals surface area contributed by atoms with Crippen molar-refractivity contribution in [3.63, 3.8) is 0 Å². The Morgan fingerprint density at radius 1 is 1.47 bits per heavy atom. The quantitative estimate of drug-likeness (QED) is 0.748. The summed E-state index contributed by atoms with van der Waals surface area (Å²) in [5.74, 6) is 0.716. The van der Waals surface area contributed by atoms with E-state index in [9.17, 15) is 5.11 Å². The largest absolute Gasteiger partial charge is 0.389 e. The summed E-state index contributed by atoms with van der Waals surface area (Å²) in [6.45, 7) is 7.52. The third kappa shape index (κ3) is 4.49. The molecule has 3 N–H and O–H groups in total. The summed E-state index contributed by atoms with van der Waals surface area (Å²) in [5.41, 5.74) is 5.71. The van der Waals surface area contributed by atoms with Crippen molar-refractivity contribution in [2.24, 2.45) is 17.1 Å². The van der Waals surface area contributed by atoms with Crippen molar-refractivity contribution in [3.05, 3.63) is 0 Å². The molecule has 1 aliphatic carbocycles. The number of hydrogen-bond acceptors (Lipinski definition) is 3. The first-order valence-electron chi connectivity index (χ1n) is 5.92. The van der Waals surface area contributed by atoms with Crippen molar-refractivity contribution in [3.8, 4) is 0 Å². The van der Waals surface area contributed by atoms with Gasteiger partial charge in [0.1, 0.15) is 0 Å². The molecule has 0 amide bonds. The lowest BCUT2D eigenvalue weighted by molar-refractivity contribution is -0.0535. The predicted molar refractivity (Wildman–Crippen MR) is 61.6 cm³/mol. The van der Waals surface area contributed by atoms with Crippen LogP contribution in [0.15, 0.2) is 0 Å². The number of ether oxygens (including phenoxy) is 1. The molecule has 3 nitrogen and oxygen atoms in total. The lowest BCUT2D eigenvalue weighted by Crippen LogP contribution is -2.35. The fraction of sp³-hybridized carbons (Fsp3) is 1.00. The molecule has 1 fully saturated rings. The highest BCUT2D eigenvalue weighted by Gasteiger charge is 2.32. The van der Waals surface area contributed by atoms with Crippen LogP contribution in [0.4, 0.5) is 0 Å². The van der Waals surface area contributed by atoms with Gasteiger partial charge in [0, 0.05) is 6.54 Å². The molecular formula is C12H25NO2. The van der Waals surface area contributed by atoms with Gasteiger partial charge in [0.05, 0.1) is 18.8 Å². The van der Waals surface area contributed by atoms with E-state index < -0.39 is 6.10 Å². The van der Waals surface area contributed by atoms with Crippen LogP contribution in [0.3, 0.4) is 0 Å². The van der Waals surface area contributed by atoms with Crippen LogP contribution in [-0.2, 0) is 4.74 Å². The average molecular weight is 215 g/mol. The molecule has 90 valence electrons. The van der Waals surface area contributed by atoms with Crippen LogP contribution in [0.2, 0.25) is 0 Å². The first-order chi connectivity index (χ1) is 6.93. The fourth-order valence-corrected chi connectivity index (χ4v) is 2.70. The van der Waals surface area contributed by atoms with Crippen molar-refractivity contribution >= 4 is 0 Å². The molecule has 0 aromatic heterocycles. The summed E-state index contributed by atoms with van der Waals surface area (Å²) in [7, 11) is 0. The van der Waals surface area contributed by atoms with Crippen LogP contribution in [-0.4, -0.2) is 30.5 Å². The van der Waals surface area contributed by atoms with E-state index in [1.165, 1.54) is 6.42 Å². The normalized spacial score (nSPS) is 32.6. The topological polar surface area (TPSA) is 55.5 Å². The van der Waals surface area contributed by atoms with E-state index in [4.69, 9.17) is 10.5 Å². The number of nitrogens with two attached hydrogens (primary N) is 1. The Hall–Kier alpha value is -0.120. The zero-order chi connectivity index (χ0) is 11.5. The molecule has 0 unspecified atom stereocenters. The summed E-state index contributed by atoms with van der Waals surface area (Å²) >= 11 is 0. The summed E-state index contributed by atoms with van der Waals surface area (Å²) < 4.78 is 5.71. The van der Waals surface area contributed by atoms with E-state index in [1.807, 2.05) is 0 Å². The Balaban J connectivity index is 2.35. The predicted octanol–water partition coefficient (Wildman–Crippen LogP) is 1.54. The highest BCUT2D eigenvalue weighted by atomic mass is 16.5. The Labute approximate surface area is 93.0 Å². The van der Waals surface area contributed by atoms with Gasteiger partial charge >= 0.3 is 0 Å². The van der Waals surface area contributed by atoms with E-state index in [-0.39, 0.29) is 6.54 Å². The summed E-state index contributed by atoms with van der Waals surface area (Å²) in [4.78, 5) is 0. The smallest absolute Gasteiger partial charge is 0.0895 e. The second kappa shape index (κ2) is 5.28. The SMILES string of the molecule is C[C@@H]1C[C@H](OC[C@@H](O)CN)CC(C)(C)C1. The van der Waals surface area contributed by atoms with Crippen LogP contribution in [0, 0.1) is 11.3 Å². The highest BCUT2D eigenvalue weighted by Crippen LogP contribution is 2.39. The van der Waals surface area contributed by atoms with Crippen LogP contribution in [0.5, 0.6) is 0 Å². The van der Waals surface area contributed by atoms with Gasteiger partial charge in [-0.05, 0) is 30.6 Å². The maximum Gasteiger partial charge on any atom is 0.0895 e. The molecule has 1 rings (SSSR count). The van der Waals surface area contributed by atoms with Gasteiger partial charge in [-0.1, -0.05) is 20.8 Å². The van der Waals surface area contributed by atoms with Gasteiger partial charge in [-0.2, -0.15) is 0 Å². The second-order valence-corrected chi connectivity index (χ2v) is 5.76. The number of hydrogen-bond donors (Lipinski definition) is 2. The molecule has 0 aliphatic heterocycles. The molecule has 0 saturated heterocycles. The molecule has 1 saturated carbocycles. The Bertz CT molecular complexity index is 194. The minimum Gasteiger partial charge on any atom is -0.389 e.